The minimum absolute atomic E-state index is 0.00367. The van der Waals surface area contributed by atoms with Gasteiger partial charge in [-0.1, -0.05) is 0 Å². The number of carbonyl (C=O) groups excluding carboxylic acids is 1. The highest BCUT2D eigenvalue weighted by Gasteiger charge is 2.23. The van der Waals surface area contributed by atoms with Gasteiger partial charge in [0.15, 0.2) is 0 Å². The third-order valence-corrected chi connectivity index (χ3v) is 5.23. The average molecular weight is 351 g/mol. The van der Waals surface area contributed by atoms with Gasteiger partial charge < -0.3 is 15.1 Å². The van der Waals surface area contributed by atoms with Crippen molar-refractivity contribution < 1.29 is 4.79 Å². The van der Waals surface area contributed by atoms with Crippen molar-refractivity contribution in [3.8, 4) is 0 Å². The maximum atomic E-state index is 12.6. The van der Waals surface area contributed by atoms with Crippen LogP contribution in [0, 0.1) is 0 Å². The standard InChI is InChI=1S/C20H25N5O/c26-20(16-5-7-18(8-6-16)24-11-1-2-12-24)23-17-4-3-13-25(15-17)19-14-21-9-10-22-19/h5-10,14,17H,1-4,11-13,15H2,(H,23,26). The second kappa shape index (κ2) is 7.72. The molecular formula is C20H25N5O. The van der Waals surface area contributed by atoms with Crippen molar-refractivity contribution >= 4 is 17.4 Å². The molecule has 1 atom stereocenters. The van der Waals surface area contributed by atoms with Gasteiger partial charge in [-0.05, 0) is 49.9 Å². The van der Waals surface area contributed by atoms with Crippen LogP contribution in [-0.2, 0) is 0 Å². The van der Waals surface area contributed by atoms with Gasteiger partial charge in [0, 0.05) is 55.9 Å². The molecule has 1 unspecified atom stereocenters. The molecule has 26 heavy (non-hydrogen) atoms. The lowest BCUT2D eigenvalue weighted by Crippen LogP contribution is -2.48. The van der Waals surface area contributed by atoms with Gasteiger partial charge in [0.2, 0.25) is 0 Å². The fourth-order valence-electron chi connectivity index (χ4n) is 3.83. The van der Waals surface area contributed by atoms with Crippen molar-refractivity contribution in [2.45, 2.75) is 31.7 Å². The molecule has 0 spiro atoms. The molecule has 2 aliphatic rings. The van der Waals surface area contributed by atoms with Crippen molar-refractivity contribution in [3.63, 3.8) is 0 Å². The van der Waals surface area contributed by atoms with Gasteiger partial charge in [0.1, 0.15) is 5.82 Å². The number of benzene rings is 1. The summed E-state index contributed by atoms with van der Waals surface area (Å²) in [7, 11) is 0. The summed E-state index contributed by atoms with van der Waals surface area (Å²) in [6, 6.07) is 8.13. The van der Waals surface area contributed by atoms with E-state index in [1.807, 2.05) is 12.1 Å². The van der Waals surface area contributed by atoms with Crippen LogP contribution in [0.3, 0.4) is 0 Å². The fraction of sp³-hybridized carbons (Fsp3) is 0.450. The zero-order valence-electron chi connectivity index (χ0n) is 15.0. The Morgan fingerprint density at radius 2 is 1.77 bits per heavy atom. The van der Waals surface area contributed by atoms with Gasteiger partial charge >= 0.3 is 0 Å². The minimum Gasteiger partial charge on any atom is -0.372 e. The Kier molecular flexibility index (Phi) is 5.00. The number of nitrogens with zero attached hydrogens (tertiary/aromatic N) is 4. The molecule has 3 heterocycles. The van der Waals surface area contributed by atoms with Crippen LogP contribution in [0.1, 0.15) is 36.0 Å². The van der Waals surface area contributed by atoms with Gasteiger partial charge in [-0.2, -0.15) is 0 Å². The Morgan fingerprint density at radius 3 is 2.50 bits per heavy atom. The van der Waals surface area contributed by atoms with Gasteiger partial charge in [-0.3, -0.25) is 9.78 Å². The first-order valence-corrected chi connectivity index (χ1v) is 9.46. The Labute approximate surface area is 154 Å². The highest BCUT2D eigenvalue weighted by atomic mass is 16.1. The summed E-state index contributed by atoms with van der Waals surface area (Å²) in [6.45, 7) is 3.96. The van der Waals surface area contributed by atoms with E-state index in [9.17, 15) is 4.79 Å². The van der Waals surface area contributed by atoms with Gasteiger partial charge in [-0.15, -0.1) is 0 Å². The van der Waals surface area contributed by atoms with E-state index in [4.69, 9.17) is 0 Å². The molecule has 0 aliphatic carbocycles. The van der Waals surface area contributed by atoms with Crippen LogP contribution in [0.4, 0.5) is 11.5 Å². The highest BCUT2D eigenvalue weighted by Crippen LogP contribution is 2.21. The molecule has 0 saturated carbocycles. The summed E-state index contributed by atoms with van der Waals surface area (Å²) in [5, 5.41) is 3.18. The predicted octanol–water partition coefficient (Wildman–Crippen LogP) is 2.48. The monoisotopic (exact) mass is 351 g/mol. The van der Waals surface area contributed by atoms with Crippen LogP contribution in [0.5, 0.6) is 0 Å². The molecule has 6 nitrogen and oxygen atoms in total. The number of amides is 1. The quantitative estimate of drug-likeness (QED) is 0.917. The smallest absolute Gasteiger partial charge is 0.251 e. The van der Waals surface area contributed by atoms with E-state index in [2.05, 4.69) is 37.2 Å². The Morgan fingerprint density at radius 1 is 1.00 bits per heavy atom. The number of nitrogens with one attached hydrogen (secondary N) is 1. The zero-order chi connectivity index (χ0) is 17.8. The summed E-state index contributed by atoms with van der Waals surface area (Å²) in [6.07, 6.45) is 9.71. The number of aromatic nitrogens is 2. The lowest BCUT2D eigenvalue weighted by atomic mass is 10.0. The molecule has 4 rings (SSSR count). The molecule has 6 heteroatoms. The predicted molar refractivity (Wildman–Crippen MR) is 103 cm³/mol. The van der Waals surface area contributed by atoms with E-state index >= 15 is 0 Å². The number of rotatable bonds is 4. The van der Waals surface area contributed by atoms with E-state index in [0.29, 0.717) is 0 Å². The summed E-state index contributed by atoms with van der Waals surface area (Å²) in [4.78, 5) is 25.7. The second-order valence-corrected chi connectivity index (χ2v) is 7.06. The van der Waals surface area contributed by atoms with Crippen LogP contribution in [-0.4, -0.2) is 48.1 Å². The van der Waals surface area contributed by atoms with E-state index in [0.717, 1.165) is 50.4 Å². The highest BCUT2D eigenvalue weighted by molar-refractivity contribution is 5.94. The Balaban J connectivity index is 1.36. The molecule has 136 valence electrons. The maximum Gasteiger partial charge on any atom is 0.251 e. The molecule has 2 aromatic rings. The van der Waals surface area contributed by atoms with E-state index in [1.54, 1.807) is 18.6 Å². The van der Waals surface area contributed by atoms with Crippen molar-refractivity contribution in [1.29, 1.82) is 0 Å². The molecule has 1 amide bonds. The molecule has 1 N–H and O–H groups in total. The first kappa shape index (κ1) is 16.8. The van der Waals surface area contributed by atoms with Gasteiger partial charge in [-0.25, -0.2) is 4.98 Å². The maximum absolute atomic E-state index is 12.6. The molecule has 0 radical (unpaired) electrons. The van der Waals surface area contributed by atoms with Crippen molar-refractivity contribution in [2.75, 3.05) is 36.0 Å². The summed E-state index contributed by atoms with van der Waals surface area (Å²) < 4.78 is 0. The lowest BCUT2D eigenvalue weighted by molar-refractivity contribution is 0.0933. The fourth-order valence-corrected chi connectivity index (χ4v) is 3.83. The van der Waals surface area contributed by atoms with Crippen LogP contribution in [0.15, 0.2) is 42.9 Å². The van der Waals surface area contributed by atoms with E-state index in [1.165, 1.54) is 18.5 Å². The van der Waals surface area contributed by atoms with Crippen molar-refractivity contribution in [2.24, 2.45) is 0 Å². The van der Waals surface area contributed by atoms with Crippen LogP contribution < -0.4 is 15.1 Å². The first-order valence-electron chi connectivity index (χ1n) is 9.46. The van der Waals surface area contributed by atoms with Crippen LogP contribution >= 0.6 is 0 Å². The van der Waals surface area contributed by atoms with E-state index in [-0.39, 0.29) is 11.9 Å². The molecule has 2 fully saturated rings. The zero-order valence-corrected chi connectivity index (χ0v) is 15.0. The number of hydrogen-bond donors (Lipinski definition) is 1. The van der Waals surface area contributed by atoms with Gasteiger partial charge in [0.25, 0.3) is 5.91 Å². The Hall–Kier alpha value is -2.63. The average Bonchev–Trinajstić information content (AvgIpc) is 3.24. The van der Waals surface area contributed by atoms with Gasteiger partial charge in [0.05, 0.1) is 6.20 Å². The van der Waals surface area contributed by atoms with Crippen LogP contribution in [0.25, 0.3) is 0 Å². The molecular weight excluding hydrogens is 326 g/mol. The Bertz CT molecular complexity index is 728. The SMILES string of the molecule is O=C(NC1CCCN(c2cnccn2)C1)c1ccc(N2CCCC2)cc1. The van der Waals surface area contributed by atoms with Crippen molar-refractivity contribution in [1.82, 2.24) is 15.3 Å². The van der Waals surface area contributed by atoms with E-state index < -0.39 is 0 Å². The third kappa shape index (κ3) is 3.79. The second-order valence-electron chi connectivity index (χ2n) is 7.06. The normalized spacial score (nSPS) is 20.2. The lowest BCUT2D eigenvalue weighted by Gasteiger charge is -2.33. The number of hydrogen-bond acceptors (Lipinski definition) is 5. The first-order chi connectivity index (χ1) is 12.8. The summed E-state index contributed by atoms with van der Waals surface area (Å²) in [5.41, 5.74) is 1.94. The molecule has 2 saturated heterocycles. The number of piperidine rings is 1. The van der Waals surface area contributed by atoms with Crippen molar-refractivity contribution in [3.05, 3.63) is 48.4 Å². The molecule has 2 aliphatic heterocycles. The number of anilines is 2. The molecule has 1 aromatic carbocycles. The summed E-state index contributed by atoms with van der Waals surface area (Å²) >= 11 is 0. The molecule has 1 aromatic heterocycles. The number of carbonyl (C=O) groups is 1. The third-order valence-electron chi connectivity index (χ3n) is 5.23. The largest absolute Gasteiger partial charge is 0.372 e. The summed E-state index contributed by atoms with van der Waals surface area (Å²) in [5.74, 6) is 0.880. The topological polar surface area (TPSA) is 61.4 Å². The minimum atomic E-state index is 0.00367. The molecule has 0 bridgehead atoms. The van der Waals surface area contributed by atoms with Crippen LogP contribution in [0.2, 0.25) is 0 Å².